The third-order valence-corrected chi connectivity index (χ3v) is 2.47. The molecule has 1 aromatic rings. The van der Waals surface area contributed by atoms with Crippen molar-refractivity contribution in [2.45, 2.75) is 33.5 Å². The number of hydrogen-bond donors (Lipinski definition) is 1. The van der Waals surface area contributed by atoms with E-state index < -0.39 is 0 Å². The highest BCUT2D eigenvalue weighted by Gasteiger charge is 2.23. The van der Waals surface area contributed by atoms with Crippen molar-refractivity contribution in [2.75, 3.05) is 6.54 Å². The molecular weight excluding hydrogens is 186 g/mol. The zero-order valence-corrected chi connectivity index (χ0v) is 9.86. The van der Waals surface area contributed by atoms with Crippen molar-refractivity contribution < 1.29 is 4.74 Å². The smallest absolute Gasteiger partial charge is 0.0749 e. The molecular formula is C13H21NO. The van der Waals surface area contributed by atoms with Crippen LogP contribution in [0.4, 0.5) is 0 Å². The van der Waals surface area contributed by atoms with Crippen LogP contribution in [0.3, 0.4) is 0 Å². The van der Waals surface area contributed by atoms with Crippen molar-refractivity contribution in [1.82, 2.24) is 0 Å². The van der Waals surface area contributed by atoms with E-state index in [1.165, 1.54) is 5.56 Å². The fourth-order valence-corrected chi connectivity index (χ4v) is 1.44. The first kappa shape index (κ1) is 12.2. The molecule has 0 saturated carbocycles. The van der Waals surface area contributed by atoms with Gasteiger partial charge in [-0.25, -0.2) is 0 Å². The zero-order valence-electron chi connectivity index (χ0n) is 9.86. The number of hydrogen-bond acceptors (Lipinski definition) is 2. The molecule has 0 heterocycles. The highest BCUT2D eigenvalue weighted by atomic mass is 16.5. The molecule has 2 heteroatoms. The quantitative estimate of drug-likeness (QED) is 0.823. The summed E-state index contributed by atoms with van der Waals surface area (Å²) in [5.74, 6) is 0. The fourth-order valence-electron chi connectivity index (χ4n) is 1.44. The molecule has 1 rings (SSSR count). The van der Waals surface area contributed by atoms with Gasteiger partial charge in [0.15, 0.2) is 0 Å². The second kappa shape index (κ2) is 5.29. The van der Waals surface area contributed by atoms with Crippen LogP contribution >= 0.6 is 0 Å². The van der Waals surface area contributed by atoms with Crippen molar-refractivity contribution in [3.05, 3.63) is 35.9 Å². The van der Waals surface area contributed by atoms with Crippen molar-refractivity contribution in [3.8, 4) is 0 Å². The van der Waals surface area contributed by atoms with Crippen LogP contribution in [0.1, 0.15) is 26.3 Å². The first-order chi connectivity index (χ1) is 7.04. The average molecular weight is 207 g/mol. The SMILES string of the molecule is CC(C)(C)C(CN)OCc1ccccc1. The van der Waals surface area contributed by atoms with E-state index in [9.17, 15) is 0 Å². The Kier molecular flexibility index (Phi) is 4.30. The molecule has 0 aliphatic rings. The van der Waals surface area contributed by atoms with Crippen molar-refractivity contribution >= 4 is 0 Å². The first-order valence-corrected chi connectivity index (χ1v) is 5.39. The maximum atomic E-state index is 5.82. The lowest BCUT2D eigenvalue weighted by Crippen LogP contribution is -2.36. The van der Waals surface area contributed by atoms with Crippen LogP contribution in [-0.2, 0) is 11.3 Å². The van der Waals surface area contributed by atoms with Crippen LogP contribution in [0.15, 0.2) is 30.3 Å². The largest absolute Gasteiger partial charge is 0.372 e. The molecule has 1 aromatic carbocycles. The standard InChI is InChI=1S/C13H21NO/c1-13(2,3)12(9-14)15-10-11-7-5-4-6-8-11/h4-8,12H,9-10,14H2,1-3H3. The van der Waals surface area contributed by atoms with Crippen LogP contribution < -0.4 is 5.73 Å². The summed E-state index contributed by atoms with van der Waals surface area (Å²) in [6.07, 6.45) is 0.109. The summed E-state index contributed by atoms with van der Waals surface area (Å²) in [6, 6.07) is 10.2. The van der Waals surface area contributed by atoms with Crippen LogP contribution in [0.25, 0.3) is 0 Å². The number of benzene rings is 1. The van der Waals surface area contributed by atoms with E-state index in [4.69, 9.17) is 10.5 Å². The molecule has 2 nitrogen and oxygen atoms in total. The Morgan fingerprint density at radius 1 is 1.20 bits per heavy atom. The monoisotopic (exact) mass is 207 g/mol. The number of rotatable bonds is 4. The van der Waals surface area contributed by atoms with Crippen LogP contribution in [-0.4, -0.2) is 12.6 Å². The van der Waals surface area contributed by atoms with Gasteiger partial charge in [0, 0.05) is 6.54 Å². The summed E-state index contributed by atoms with van der Waals surface area (Å²) >= 11 is 0. The predicted molar refractivity (Wildman–Crippen MR) is 63.5 cm³/mol. The maximum Gasteiger partial charge on any atom is 0.0749 e. The van der Waals surface area contributed by atoms with Gasteiger partial charge in [-0.2, -0.15) is 0 Å². The lowest BCUT2D eigenvalue weighted by atomic mass is 9.89. The number of nitrogens with two attached hydrogens (primary N) is 1. The summed E-state index contributed by atoms with van der Waals surface area (Å²) in [5, 5.41) is 0. The van der Waals surface area contributed by atoms with Gasteiger partial charge in [0.1, 0.15) is 0 Å². The molecule has 0 aromatic heterocycles. The van der Waals surface area contributed by atoms with E-state index in [-0.39, 0.29) is 11.5 Å². The second-order valence-electron chi connectivity index (χ2n) is 4.89. The minimum Gasteiger partial charge on any atom is -0.372 e. The Bertz CT molecular complexity index is 276. The first-order valence-electron chi connectivity index (χ1n) is 5.39. The van der Waals surface area contributed by atoms with Gasteiger partial charge in [0.2, 0.25) is 0 Å². The van der Waals surface area contributed by atoms with Gasteiger partial charge in [-0.3, -0.25) is 0 Å². The van der Waals surface area contributed by atoms with E-state index in [1.807, 2.05) is 18.2 Å². The van der Waals surface area contributed by atoms with E-state index in [0.29, 0.717) is 13.2 Å². The molecule has 0 aliphatic heterocycles. The molecule has 0 bridgehead atoms. The Balaban J connectivity index is 2.49. The zero-order chi connectivity index (χ0) is 11.3. The van der Waals surface area contributed by atoms with Gasteiger partial charge in [-0.15, -0.1) is 0 Å². The summed E-state index contributed by atoms with van der Waals surface area (Å²) < 4.78 is 5.82. The van der Waals surface area contributed by atoms with Gasteiger partial charge < -0.3 is 10.5 Å². The third kappa shape index (κ3) is 4.02. The molecule has 0 aliphatic carbocycles. The minimum atomic E-state index is 0.101. The molecule has 0 spiro atoms. The molecule has 2 N–H and O–H groups in total. The van der Waals surface area contributed by atoms with Crippen molar-refractivity contribution in [3.63, 3.8) is 0 Å². The van der Waals surface area contributed by atoms with Gasteiger partial charge in [-0.05, 0) is 11.0 Å². The van der Waals surface area contributed by atoms with E-state index >= 15 is 0 Å². The molecule has 0 radical (unpaired) electrons. The Hall–Kier alpha value is -0.860. The Labute approximate surface area is 92.4 Å². The molecule has 0 fully saturated rings. The van der Waals surface area contributed by atoms with Gasteiger partial charge in [0.25, 0.3) is 0 Å². The molecule has 0 saturated heterocycles. The van der Waals surface area contributed by atoms with Gasteiger partial charge >= 0.3 is 0 Å². The topological polar surface area (TPSA) is 35.2 Å². The highest BCUT2D eigenvalue weighted by molar-refractivity contribution is 5.13. The third-order valence-electron chi connectivity index (χ3n) is 2.47. The summed E-state index contributed by atoms with van der Waals surface area (Å²) in [6.45, 7) is 7.65. The van der Waals surface area contributed by atoms with Crippen LogP contribution in [0.2, 0.25) is 0 Å². The number of ether oxygens (including phenoxy) is 1. The summed E-state index contributed by atoms with van der Waals surface area (Å²) in [4.78, 5) is 0. The molecule has 84 valence electrons. The van der Waals surface area contributed by atoms with Gasteiger partial charge in [-0.1, -0.05) is 51.1 Å². The summed E-state index contributed by atoms with van der Waals surface area (Å²) in [5.41, 5.74) is 6.99. The summed E-state index contributed by atoms with van der Waals surface area (Å²) in [7, 11) is 0. The molecule has 0 amide bonds. The molecule has 1 atom stereocenters. The average Bonchev–Trinajstić information content (AvgIpc) is 2.18. The lowest BCUT2D eigenvalue weighted by Gasteiger charge is -2.29. The Morgan fingerprint density at radius 3 is 2.27 bits per heavy atom. The van der Waals surface area contributed by atoms with E-state index in [1.54, 1.807) is 0 Å². The molecule has 15 heavy (non-hydrogen) atoms. The Morgan fingerprint density at radius 2 is 1.80 bits per heavy atom. The normalized spacial score (nSPS) is 13.9. The van der Waals surface area contributed by atoms with Crippen molar-refractivity contribution in [1.29, 1.82) is 0 Å². The maximum absolute atomic E-state index is 5.82. The van der Waals surface area contributed by atoms with Crippen LogP contribution in [0.5, 0.6) is 0 Å². The molecule has 1 unspecified atom stereocenters. The minimum absolute atomic E-state index is 0.101. The van der Waals surface area contributed by atoms with Gasteiger partial charge in [0.05, 0.1) is 12.7 Å². The van der Waals surface area contributed by atoms with E-state index in [0.717, 1.165) is 0 Å². The lowest BCUT2D eigenvalue weighted by molar-refractivity contribution is -0.0216. The van der Waals surface area contributed by atoms with Crippen LogP contribution in [0, 0.1) is 5.41 Å². The van der Waals surface area contributed by atoms with E-state index in [2.05, 4.69) is 32.9 Å². The highest BCUT2D eigenvalue weighted by Crippen LogP contribution is 2.22. The fraction of sp³-hybridized carbons (Fsp3) is 0.538. The second-order valence-corrected chi connectivity index (χ2v) is 4.89. The van der Waals surface area contributed by atoms with Crippen molar-refractivity contribution in [2.24, 2.45) is 11.1 Å². The predicted octanol–water partition coefficient (Wildman–Crippen LogP) is 2.58.